The van der Waals surface area contributed by atoms with Gasteiger partial charge in [-0.25, -0.2) is 13.2 Å². The summed E-state index contributed by atoms with van der Waals surface area (Å²) < 4.78 is 28.6. The Labute approximate surface area is 121 Å². The van der Waals surface area contributed by atoms with Crippen LogP contribution in [-0.4, -0.2) is 61.3 Å². The normalized spacial score (nSPS) is 18.1. The molecule has 1 N–H and O–H groups in total. The van der Waals surface area contributed by atoms with Gasteiger partial charge in [0, 0.05) is 13.1 Å². The summed E-state index contributed by atoms with van der Waals surface area (Å²) in [7, 11) is -3.18. The monoisotopic (exact) mass is 307 g/mol. The van der Waals surface area contributed by atoms with E-state index in [9.17, 15) is 13.2 Å². The van der Waals surface area contributed by atoms with E-state index in [1.54, 1.807) is 4.90 Å². The molecule has 0 aromatic rings. The first-order chi connectivity index (χ1) is 9.13. The summed E-state index contributed by atoms with van der Waals surface area (Å²) in [5.41, 5.74) is -0.515. The summed E-state index contributed by atoms with van der Waals surface area (Å²) in [6.07, 6.45) is 0.975. The highest BCUT2D eigenvalue weighted by Crippen LogP contribution is 2.21. The van der Waals surface area contributed by atoms with Gasteiger partial charge in [-0.1, -0.05) is 0 Å². The van der Waals surface area contributed by atoms with Crippen LogP contribution in [0, 0.1) is 5.92 Å². The highest BCUT2D eigenvalue weighted by atomic mass is 32.2. The van der Waals surface area contributed by atoms with Crippen molar-refractivity contribution in [1.82, 2.24) is 4.90 Å². The second kappa shape index (κ2) is 6.76. The van der Waals surface area contributed by atoms with Gasteiger partial charge in [0.05, 0.1) is 18.1 Å². The maximum Gasteiger partial charge on any atom is 0.410 e. The van der Waals surface area contributed by atoms with Crippen LogP contribution in [0.2, 0.25) is 0 Å². The van der Waals surface area contributed by atoms with Gasteiger partial charge in [0.1, 0.15) is 5.60 Å². The van der Waals surface area contributed by atoms with E-state index in [1.165, 1.54) is 0 Å². The molecule has 0 aromatic heterocycles. The second-order valence-electron chi connectivity index (χ2n) is 6.25. The lowest BCUT2D eigenvalue weighted by atomic mass is 9.99. The van der Waals surface area contributed by atoms with E-state index in [0.29, 0.717) is 25.9 Å². The average molecular weight is 307 g/mol. The fraction of sp³-hybridized carbons (Fsp3) is 0.923. The molecule has 7 heteroatoms. The van der Waals surface area contributed by atoms with E-state index in [4.69, 9.17) is 9.84 Å². The molecule has 118 valence electrons. The van der Waals surface area contributed by atoms with Gasteiger partial charge in [-0.05, 0) is 39.5 Å². The number of hydrogen-bond acceptors (Lipinski definition) is 5. The number of carbonyl (C=O) groups excluding carboxylic acids is 1. The summed E-state index contributed by atoms with van der Waals surface area (Å²) in [5.74, 6) is -0.0279. The Morgan fingerprint density at radius 1 is 1.30 bits per heavy atom. The van der Waals surface area contributed by atoms with E-state index in [1.807, 2.05) is 20.8 Å². The van der Waals surface area contributed by atoms with Gasteiger partial charge in [-0.2, -0.15) is 0 Å². The lowest BCUT2D eigenvalue weighted by molar-refractivity contribution is 0.0191. The summed E-state index contributed by atoms with van der Waals surface area (Å²) in [4.78, 5) is 13.5. The molecule has 0 aliphatic carbocycles. The molecule has 1 fully saturated rings. The third-order valence-electron chi connectivity index (χ3n) is 3.16. The number of carbonyl (C=O) groups is 1. The molecule has 1 saturated heterocycles. The van der Waals surface area contributed by atoms with Gasteiger partial charge in [0.25, 0.3) is 0 Å². The lowest BCUT2D eigenvalue weighted by Crippen LogP contribution is -2.42. The summed E-state index contributed by atoms with van der Waals surface area (Å²) in [5, 5.41) is 8.71. The molecule has 0 unspecified atom stereocenters. The van der Waals surface area contributed by atoms with E-state index in [-0.39, 0.29) is 30.1 Å². The number of piperidine rings is 1. The molecular weight excluding hydrogens is 282 g/mol. The highest BCUT2D eigenvalue weighted by molar-refractivity contribution is 7.91. The molecule has 0 spiro atoms. The molecule has 0 bridgehead atoms. The Kier molecular flexibility index (Phi) is 5.82. The Balaban J connectivity index is 2.42. The summed E-state index contributed by atoms with van der Waals surface area (Å²) in [6.45, 7) is 6.17. The van der Waals surface area contributed by atoms with Crippen molar-refractivity contribution < 1.29 is 23.1 Å². The predicted octanol–water partition coefficient (Wildman–Crippen LogP) is 1.04. The van der Waals surface area contributed by atoms with Crippen molar-refractivity contribution in [3.8, 4) is 0 Å². The van der Waals surface area contributed by atoms with Gasteiger partial charge in [0.15, 0.2) is 9.84 Å². The van der Waals surface area contributed by atoms with Crippen LogP contribution in [0.3, 0.4) is 0 Å². The number of sulfone groups is 1. The van der Waals surface area contributed by atoms with Gasteiger partial charge in [-0.15, -0.1) is 0 Å². The minimum Gasteiger partial charge on any atom is -0.444 e. The first-order valence-corrected chi connectivity index (χ1v) is 8.74. The van der Waals surface area contributed by atoms with Crippen LogP contribution in [0.5, 0.6) is 0 Å². The molecule has 1 aliphatic heterocycles. The summed E-state index contributed by atoms with van der Waals surface area (Å²) >= 11 is 0. The zero-order chi connectivity index (χ0) is 15.4. The van der Waals surface area contributed by atoms with Gasteiger partial charge in [0.2, 0.25) is 0 Å². The Morgan fingerprint density at radius 3 is 2.30 bits per heavy atom. The van der Waals surface area contributed by atoms with Gasteiger partial charge >= 0.3 is 6.09 Å². The number of rotatable bonds is 4. The second-order valence-corrected chi connectivity index (χ2v) is 8.48. The number of aliphatic hydroxyl groups is 1. The van der Waals surface area contributed by atoms with Crippen LogP contribution in [0.15, 0.2) is 0 Å². The zero-order valence-electron chi connectivity index (χ0n) is 12.5. The van der Waals surface area contributed by atoms with Crippen molar-refractivity contribution in [2.24, 2.45) is 5.92 Å². The lowest BCUT2D eigenvalue weighted by Gasteiger charge is -2.33. The fourth-order valence-electron chi connectivity index (χ4n) is 2.19. The molecule has 1 aliphatic rings. The molecule has 0 aromatic carbocycles. The van der Waals surface area contributed by atoms with Crippen LogP contribution in [0.4, 0.5) is 4.79 Å². The molecule has 0 atom stereocenters. The van der Waals surface area contributed by atoms with Crippen LogP contribution >= 0.6 is 0 Å². The maximum atomic E-state index is 11.9. The zero-order valence-corrected chi connectivity index (χ0v) is 13.3. The van der Waals surface area contributed by atoms with E-state index in [0.717, 1.165) is 0 Å². The predicted molar refractivity (Wildman–Crippen MR) is 76.3 cm³/mol. The Morgan fingerprint density at radius 2 is 1.85 bits per heavy atom. The molecule has 0 saturated carbocycles. The smallest absolute Gasteiger partial charge is 0.410 e. The standard InChI is InChI=1S/C13H25NO5S/c1-13(2,3)19-12(16)14-6-4-11(5-7-14)10-20(17,18)9-8-15/h11,15H,4-10H2,1-3H3. The van der Waals surface area contributed by atoms with Crippen molar-refractivity contribution in [3.63, 3.8) is 0 Å². The Bertz CT molecular complexity index is 419. The first kappa shape index (κ1) is 17.2. The number of ether oxygens (including phenoxy) is 1. The van der Waals surface area contributed by atoms with Gasteiger partial charge in [-0.3, -0.25) is 0 Å². The van der Waals surface area contributed by atoms with E-state index in [2.05, 4.69) is 0 Å². The van der Waals surface area contributed by atoms with E-state index < -0.39 is 15.4 Å². The van der Waals surface area contributed by atoms with Crippen molar-refractivity contribution in [3.05, 3.63) is 0 Å². The molecule has 0 radical (unpaired) electrons. The minimum absolute atomic E-state index is 0.0604. The van der Waals surface area contributed by atoms with Crippen LogP contribution < -0.4 is 0 Å². The van der Waals surface area contributed by atoms with Crippen LogP contribution in [0.25, 0.3) is 0 Å². The third kappa shape index (κ3) is 6.09. The van der Waals surface area contributed by atoms with E-state index >= 15 is 0 Å². The van der Waals surface area contributed by atoms with Crippen molar-refractivity contribution in [1.29, 1.82) is 0 Å². The summed E-state index contributed by atoms with van der Waals surface area (Å²) in [6, 6.07) is 0. The maximum absolute atomic E-state index is 11.9. The number of aliphatic hydroxyl groups excluding tert-OH is 1. The largest absolute Gasteiger partial charge is 0.444 e. The number of hydrogen-bond donors (Lipinski definition) is 1. The highest BCUT2D eigenvalue weighted by Gasteiger charge is 2.28. The molecule has 1 rings (SSSR count). The van der Waals surface area contributed by atoms with Crippen molar-refractivity contribution in [2.75, 3.05) is 31.2 Å². The molecule has 1 amide bonds. The van der Waals surface area contributed by atoms with Crippen molar-refractivity contribution in [2.45, 2.75) is 39.2 Å². The van der Waals surface area contributed by atoms with Crippen LogP contribution in [0.1, 0.15) is 33.6 Å². The first-order valence-electron chi connectivity index (χ1n) is 6.92. The SMILES string of the molecule is CC(C)(C)OC(=O)N1CCC(CS(=O)(=O)CCO)CC1. The molecule has 1 heterocycles. The Hall–Kier alpha value is -0.820. The number of nitrogens with zero attached hydrogens (tertiary/aromatic N) is 1. The molecule has 6 nitrogen and oxygen atoms in total. The number of amides is 1. The molecule has 20 heavy (non-hydrogen) atoms. The minimum atomic E-state index is -3.18. The number of likely N-dealkylation sites (tertiary alicyclic amines) is 1. The van der Waals surface area contributed by atoms with Crippen LogP contribution in [-0.2, 0) is 14.6 Å². The quantitative estimate of drug-likeness (QED) is 0.839. The third-order valence-corrected chi connectivity index (χ3v) is 4.94. The topological polar surface area (TPSA) is 83.9 Å². The fourth-order valence-corrected chi connectivity index (χ4v) is 3.69. The average Bonchev–Trinajstić information content (AvgIpc) is 2.26. The van der Waals surface area contributed by atoms with Crippen molar-refractivity contribution >= 4 is 15.9 Å². The molecular formula is C13H25NO5S. The van der Waals surface area contributed by atoms with Gasteiger partial charge < -0.3 is 14.7 Å².